The number of nitrogens with zero attached hydrogens (tertiary/aromatic N) is 1. The first-order chi connectivity index (χ1) is 10.7. The molecule has 1 aliphatic heterocycles. The first kappa shape index (κ1) is 15.2. The lowest BCUT2D eigenvalue weighted by Crippen LogP contribution is -2.33. The Kier molecular flexibility index (Phi) is 4.84. The Morgan fingerprint density at radius 1 is 1.09 bits per heavy atom. The predicted molar refractivity (Wildman–Crippen MR) is 93.3 cm³/mol. The van der Waals surface area contributed by atoms with Gasteiger partial charge in [-0.05, 0) is 31.0 Å². The van der Waals surface area contributed by atoms with E-state index in [0.29, 0.717) is 5.25 Å². The Hall–Kier alpha value is -1.74. The second-order valence-corrected chi connectivity index (χ2v) is 7.03. The number of carbonyl (C=O) groups excluding carboxylic acids is 1. The highest BCUT2D eigenvalue weighted by Crippen LogP contribution is 2.34. The summed E-state index contributed by atoms with van der Waals surface area (Å²) in [7, 11) is 0. The number of thioether (sulfide) groups is 1. The molecule has 2 aromatic carbocycles. The molecule has 1 fully saturated rings. The van der Waals surface area contributed by atoms with Gasteiger partial charge in [-0.15, -0.1) is 0 Å². The van der Waals surface area contributed by atoms with Crippen LogP contribution in [0.4, 0.5) is 0 Å². The Bertz CT molecular complexity index is 641. The second kappa shape index (κ2) is 7.01. The van der Waals surface area contributed by atoms with Gasteiger partial charge in [-0.3, -0.25) is 4.79 Å². The zero-order valence-corrected chi connectivity index (χ0v) is 13.7. The molecule has 1 heterocycles. The normalized spacial score (nSPS) is 18.8. The molecule has 1 unspecified atom stereocenters. The third kappa shape index (κ3) is 3.53. The van der Waals surface area contributed by atoms with E-state index in [4.69, 9.17) is 0 Å². The third-order valence-corrected chi connectivity index (χ3v) is 5.39. The summed E-state index contributed by atoms with van der Waals surface area (Å²) < 4.78 is 0. The number of benzene rings is 2. The van der Waals surface area contributed by atoms with E-state index in [9.17, 15) is 4.79 Å². The first-order valence-corrected chi connectivity index (χ1v) is 8.81. The van der Waals surface area contributed by atoms with Crippen LogP contribution < -0.4 is 0 Å². The van der Waals surface area contributed by atoms with E-state index < -0.39 is 0 Å². The SMILES string of the molecule is Cc1cccc(C(=O)N2CCSC(c3ccccc3)CC2)c1. The van der Waals surface area contributed by atoms with Crippen LogP contribution in [0.3, 0.4) is 0 Å². The molecule has 0 aliphatic carbocycles. The Balaban J connectivity index is 1.69. The lowest BCUT2D eigenvalue weighted by Gasteiger charge is -2.20. The number of hydrogen-bond acceptors (Lipinski definition) is 2. The van der Waals surface area contributed by atoms with Crippen molar-refractivity contribution in [3.8, 4) is 0 Å². The van der Waals surface area contributed by atoms with E-state index in [1.54, 1.807) is 0 Å². The van der Waals surface area contributed by atoms with Crippen molar-refractivity contribution in [2.45, 2.75) is 18.6 Å². The van der Waals surface area contributed by atoms with Gasteiger partial charge in [-0.25, -0.2) is 0 Å². The van der Waals surface area contributed by atoms with Crippen molar-refractivity contribution in [1.82, 2.24) is 4.90 Å². The largest absolute Gasteiger partial charge is 0.338 e. The molecule has 0 bridgehead atoms. The molecule has 0 saturated carbocycles. The highest BCUT2D eigenvalue weighted by Gasteiger charge is 2.22. The second-order valence-electron chi connectivity index (χ2n) is 5.72. The van der Waals surface area contributed by atoms with E-state index >= 15 is 0 Å². The molecule has 3 heteroatoms. The van der Waals surface area contributed by atoms with Crippen LogP contribution in [0.2, 0.25) is 0 Å². The van der Waals surface area contributed by atoms with Gasteiger partial charge < -0.3 is 4.90 Å². The minimum Gasteiger partial charge on any atom is -0.338 e. The van der Waals surface area contributed by atoms with Gasteiger partial charge in [-0.2, -0.15) is 11.8 Å². The summed E-state index contributed by atoms with van der Waals surface area (Å²) in [4.78, 5) is 14.7. The Labute approximate surface area is 136 Å². The summed E-state index contributed by atoms with van der Waals surface area (Å²) in [6, 6.07) is 18.5. The summed E-state index contributed by atoms with van der Waals surface area (Å²) in [5.41, 5.74) is 3.32. The quantitative estimate of drug-likeness (QED) is 0.823. The molecule has 114 valence electrons. The van der Waals surface area contributed by atoms with E-state index in [2.05, 4.69) is 30.3 Å². The van der Waals surface area contributed by atoms with Crippen LogP contribution in [0.25, 0.3) is 0 Å². The average molecular weight is 311 g/mol. The maximum atomic E-state index is 12.7. The van der Waals surface area contributed by atoms with Gasteiger partial charge in [-0.1, -0.05) is 48.0 Å². The summed E-state index contributed by atoms with van der Waals surface area (Å²) >= 11 is 1.96. The summed E-state index contributed by atoms with van der Waals surface area (Å²) in [5.74, 6) is 1.16. The van der Waals surface area contributed by atoms with Gasteiger partial charge in [0.05, 0.1) is 0 Å². The fraction of sp³-hybridized carbons (Fsp3) is 0.316. The van der Waals surface area contributed by atoms with Crippen molar-refractivity contribution in [3.63, 3.8) is 0 Å². The summed E-state index contributed by atoms with van der Waals surface area (Å²) in [6.07, 6.45) is 1.02. The van der Waals surface area contributed by atoms with Crippen molar-refractivity contribution < 1.29 is 4.79 Å². The molecule has 0 radical (unpaired) electrons. The van der Waals surface area contributed by atoms with Crippen LogP contribution in [0, 0.1) is 6.92 Å². The maximum absolute atomic E-state index is 12.7. The molecule has 1 aliphatic rings. The molecular formula is C19H21NOS. The fourth-order valence-electron chi connectivity index (χ4n) is 2.87. The minimum atomic E-state index is 0.165. The van der Waals surface area contributed by atoms with E-state index in [1.807, 2.05) is 47.9 Å². The zero-order chi connectivity index (χ0) is 15.4. The number of aryl methyl sites for hydroxylation is 1. The predicted octanol–water partition coefficient (Wildman–Crippen LogP) is 4.32. The maximum Gasteiger partial charge on any atom is 0.253 e. The molecule has 1 amide bonds. The molecule has 22 heavy (non-hydrogen) atoms. The molecule has 3 rings (SSSR count). The van der Waals surface area contributed by atoms with E-state index in [-0.39, 0.29) is 5.91 Å². The smallest absolute Gasteiger partial charge is 0.253 e. The van der Waals surface area contributed by atoms with Gasteiger partial charge >= 0.3 is 0 Å². The molecule has 2 aromatic rings. The van der Waals surface area contributed by atoms with Crippen molar-refractivity contribution >= 4 is 17.7 Å². The van der Waals surface area contributed by atoms with Crippen LogP contribution in [-0.4, -0.2) is 29.6 Å². The van der Waals surface area contributed by atoms with Crippen LogP contribution in [0.15, 0.2) is 54.6 Å². The van der Waals surface area contributed by atoms with Gasteiger partial charge in [0, 0.05) is 29.7 Å². The monoisotopic (exact) mass is 311 g/mol. The van der Waals surface area contributed by atoms with E-state index in [0.717, 1.165) is 36.4 Å². The summed E-state index contributed by atoms with van der Waals surface area (Å²) in [5, 5.41) is 0.497. The van der Waals surface area contributed by atoms with Crippen molar-refractivity contribution in [1.29, 1.82) is 0 Å². The van der Waals surface area contributed by atoms with Gasteiger partial charge in [0.1, 0.15) is 0 Å². The molecule has 1 saturated heterocycles. The zero-order valence-electron chi connectivity index (χ0n) is 12.9. The number of rotatable bonds is 2. The topological polar surface area (TPSA) is 20.3 Å². The molecule has 2 nitrogen and oxygen atoms in total. The molecule has 0 N–H and O–H groups in total. The first-order valence-electron chi connectivity index (χ1n) is 7.76. The van der Waals surface area contributed by atoms with Crippen LogP contribution in [-0.2, 0) is 0 Å². The Morgan fingerprint density at radius 2 is 1.91 bits per heavy atom. The lowest BCUT2D eigenvalue weighted by molar-refractivity contribution is 0.0766. The van der Waals surface area contributed by atoms with Crippen LogP contribution >= 0.6 is 11.8 Å². The minimum absolute atomic E-state index is 0.165. The van der Waals surface area contributed by atoms with Gasteiger partial charge in [0.2, 0.25) is 0 Å². The molecule has 0 spiro atoms. The number of carbonyl (C=O) groups is 1. The van der Waals surface area contributed by atoms with Crippen LogP contribution in [0.1, 0.15) is 33.2 Å². The molecule has 1 atom stereocenters. The van der Waals surface area contributed by atoms with E-state index in [1.165, 1.54) is 5.56 Å². The fourth-order valence-corrected chi connectivity index (χ4v) is 4.10. The van der Waals surface area contributed by atoms with Gasteiger partial charge in [0.15, 0.2) is 0 Å². The van der Waals surface area contributed by atoms with Crippen molar-refractivity contribution in [2.24, 2.45) is 0 Å². The number of amides is 1. The molecular weight excluding hydrogens is 290 g/mol. The van der Waals surface area contributed by atoms with Crippen molar-refractivity contribution in [3.05, 3.63) is 71.3 Å². The molecule has 0 aromatic heterocycles. The highest BCUT2D eigenvalue weighted by atomic mass is 32.2. The standard InChI is InChI=1S/C19H21NOS/c1-15-6-5-9-17(14-15)19(21)20-11-10-18(22-13-12-20)16-7-3-2-4-8-16/h2-9,14,18H,10-13H2,1H3. The lowest BCUT2D eigenvalue weighted by atomic mass is 10.1. The highest BCUT2D eigenvalue weighted by molar-refractivity contribution is 7.99. The van der Waals surface area contributed by atoms with Crippen molar-refractivity contribution in [2.75, 3.05) is 18.8 Å². The Morgan fingerprint density at radius 3 is 2.68 bits per heavy atom. The van der Waals surface area contributed by atoms with Crippen LogP contribution in [0.5, 0.6) is 0 Å². The third-order valence-electron chi connectivity index (χ3n) is 4.07. The number of hydrogen-bond donors (Lipinski definition) is 0. The average Bonchev–Trinajstić information content (AvgIpc) is 2.81. The summed E-state index contributed by atoms with van der Waals surface area (Å²) in [6.45, 7) is 3.70. The van der Waals surface area contributed by atoms with Gasteiger partial charge in [0.25, 0.3) is 5.91 Å².